The Labute approximate surface area is 157 Å². The highest BCUT2D eigenvalue weighted by Gasteiger charge is 2.28. The lowest BCUT2D eigenvalue weighted by Gasteiger charge is -2.34. The molecule has 0 atom stereocenters. The molecule has 26 heavy (non-hydrogen) atoms. The standard InChI is InChI=1S/C19H31N3O3S/c1-5-13-22(17-9-11-20-12-10-17)19(23)16-7-6-8-18(14-16)26(24,25)21(4)15(2)3/h6-8,14-15,17,20H,5,9-13H2,1-4H3. The number of nitrogens with one attached hydrogen (secondary N) is 1. The van der Waals surface area contributed by atoms with Gasteiger partial charge in [0.15, 0.2) is 0 Å². The second-order valence-corrected chi connectivity index (χ2v) is 9.12. The van der Waals surface area contributed by atoms with Crippen LogP contribution in [0, 0.1) is 0 Å². The van der Waals surface area contributed by atoms with E-state index < -0.39 is 10.0 Å². The summed E-state index contributed by atoms with van der Waals surface area (Å²) in [5, 5.41) is 3.32. The van der Waals surface area contributed by atoms with Gasteiger partial charge in [-0.05, 0) is 64.4 Å². The average molecular weight is 382 g/mol. The summed E-state index contributed by atoms with van der Waals surface area (Å²) in [4.78, 5) is 15.2. The predicted molar refractivity (Wildman–Crippen MR) is 104 cm³/mol. The molecule has 6 nitrogen and oxygen atoms in total. The minimum atomic E-state index is -3.60. The maximum absolute atomic E-state index is 13.1. The Morgan fingerprint density at radius 1 is 1.27 bits per heavy atom. The summed E-state index contributed by atoms with van der Waals surface area (Å²) in [6.45, 7) is 8.21. The number of amides is 1. The summed E-state index contributed by atoms with van der Waals surface area (Å²) in [6.07, 6.45) is 2.74. The Morgan fingerprint density at radius 3 is 2.50 bits per heavy atom. The quantitative estimate of drug-likeness (QED) is 0.787. The number of sulfonamides is 1. The normalized spacial score (nSPS) is 16.2. The minimum Gasteiger partial charge on any atom is -0.336 e. The van der Waals surface area contributed by atoms with Crippen LogP contribution >= 0.6 is 0 Å². The summed E-state index contributed by atoms with van der Waals surface area (Å²) in [6, 6.07) is 6.49. The average Bonchev–Trinajstić information content (AvgIpc) is 2.65. The Balaban J connectivity index is 2.31. The van der Waals surface area contributed by atoms with Gasteiger partial charge in [-0.2, -0.15) is 4.31 Å². The summed E-state index contributed by atoms with van der Waals surface area (Å²) in [7, 11) is -2.04. The van der Waals surface area contributed by atoms with Crippen molar-refractivity contribution in [3.05, 3.63) is 29.8 Å². The highest BCUT2D eigenvalue weighted by atomic mass is 32.2. The van der Waals surface area contributed by atoms with E-state index in [9.17, 15) is 13.2 Å². The van der Waals surface area contributed by atoms with Crippen LogP contribution in [0.25, 0.3) is 0 Å². The van der Waals surface area contributed by atoms with Crippen molar-refractivity contribution in [2.75, 3.05) is 26.7 Å². The van der Waals surface area contributed by atoms with Gasteiger partial charge in [-0.15, -0.1) is 0 Å². The summed E-state index contributed by atoms with van der Waals surface area (Å²) < 4.78 is 26.8. The van der Waals surface area contributed by atoms with Crippen molar-refractivity contribution >= 4 is 15.9 Å². The molecular weight excluding hydrogens is 350 g/mol. The molecule has 0 bridgehead atoms. The van der Waals surface area contributed by atoms with Crippen LogP contribution in [-0.4, -0.2) is 62.3 Å². The Kier molecular flexibility index (Phi) is 7.20. The van der Waals surface area contributed by atoms with Gasteiger partial charge < -0.3 is 10.2 Å². The molecule has 1 aliphatic heterocycles. The minimum absolute atomic E-state index is 0.0806. The number of nitrogens with zero attached hydrogens (tertiary/aromatic N) is 2. The second-order valence-electron chi connectivity index (χ2n) is 7.12. The molecule has 0 spiro atoms. The van der Waals surface area contributed by atoms with E-state index in [1.807, 2.05) is 18.7 Å². The molecule has 1 aliphatic rings. The maximum atomic E-state index is 13.1. The van der Waals surface area contributed by atoms with Crippen molar-refractivity contribution in [1.29, 1.82) is 0 Å². The van der Waals surface area contributed by atoms with Gasteiger partial charge in [0.25, 0.3) is 5.91 Å². The summed E-state index contributed by atoms with van der Waals surface area (Å²) in [5.41, 5.74) is 0.440. The Bertz CT molecular complexity index is 712. The lowest BCUT2D eigenvalue weighted by Crippen LogP contribution is -2.46. The molecule has 7 heteroatoms. The van der Waals surface area contributed by atoms with Crippen LogP contribution in [0.3, 0.4) is 0 Å². The first-order valence-electron chi connectivity index (χ1n) is 9.38. The molecule has 1 N–H and O–H groups in total. The fourth-order valence-corrected chi connectivity index (χ4v) is 4.62. The molecule has 0 aliphatic carbocycles. The van der Waals surface area contributed by atoms with E-state index in [1.54, 1.807) is 25.2 Å². The third-order valence-electron chi connectivity index (χ3n) is 4.96. The highest BCUT2D eigenvalue weighted by Crippen LogP contribution is 2.21. The monoisotopic (exact) mass is 381 g/mol. The van der Waals surface area contributed by atoms with Crippen LogP contribution in [0.1, 0.15) is 50.4 Å². The molecule has 1 heterocycles. The first kappa shape index (κ1) is 20.9. The zero-order chi connectivity index (χ0) is 19.3. The third-order valence-corrected chi connectivity index (χ3v) is 6.99. The van der Waals surface area contributed by atoms with E-state index in [1.165, 1.54) is 10.4 Å². The molecule has 0 radical (unpaired) electrons. The largest absolute Gasteiger partial charge is 0.336 e. The molecular formula is C19H31N3O3S. The van der Waals surface area contributed by atoms with Gasteiger partial charge >= 0.3 is 0 Å². The topological polar surface area (TPSA) is 69.7 Å². The number of hydrogen-bond acceptors (Lipinski definition) is 4. The SMILES string of the molecule is CCCN(C(=O)c1cccc(S(=O)(=O)N(C)C(C)C)c1)C1CCNCC1. The Morgan fingerprint density at radius 2 is 1.92 bits per heavy atom. The van der Waals surface area contributed by atoms with Gasteiger partial charge in [0.2, 0.25) is 10.0 Å². The van der Waals surface area contributed by atoms with Gasteiger partial charge in [-0.3, -0.25) is 4.79 Å². The molecule has 1 aromatic carbocycles. The van der Waals surface area contributed by atoms with E-state index >= 15 is 0 Å². The summed E-state index contributed by atoms with van der Waals surface area (Å²) in [5.74, 6) is -0.0806. The molecule has 0 unspecified atom stereocenters. The Hall–Kier alpha value is -1.44. The van der Waals surface area contributed by atoms with Gasteiger partial charge in [0.1, 0.15) is 0 Å². The van der Waals surface area contributed by atoms with Crippen LogP contribution in [0.15, 0.2) is 29.2 Å². The van der Waals surface area contributed by atoms with Gasteiger partial charge in [0, 0.05) is 31.2 Å². The first-order valence-corrected chi connectivity index (χ1v) is 10.8. The molecule has 1 amide bonds. The lowest BCUT2D eigenvalue weighted by molar-refractivity contribution is 0.0642. The van der Waals surface area contributed by atoms with Gasteiger partial charge in [-0.25, -0.2) is 8.42 Å². The first-order chi connectivity index (χ1) is 12.3. The maximum Gasteiger partial charge on any atom is 0.254 e. The zero-order valence-corrected chi connectivity index (χ0v) is 17.1. The fraction of sp³-hybridized carbons (Fsp3) is 0.632. The van der Waals surface area contributed by atoms with Crippen molar-refractivity contribution in [1.82, 2.24) is 14.5 Å². The van der Waals surface area contributed by atoms with Crippen molar-refractivity contribution in [2.24, 2.45) is 0 Å². The smallest absolute Gasteiger partial charge is 0.254 e. The summed E-state index contributed by atoms with van der Waals surface area (Å²) >= 11 is 0. The fourth-order valence-electron chi connectivity index (χ4n) is 3.21. The third kappa shape index (κ3) is 4.64. The molecule has 0 saturated carbocycles. The van der Waals surface area contributed by atoms with Crippen LogP contribution in [0.5, 0.6) is 0 Å². The van der Waals surface area contributed by atoms with E-state index in [0.717, 1.165) is 32.4 Å². The molecule has 1 saturated heterocycles. The number of piperidine rings is 1. The molecule has 1 aromatic rings. The van der Waals surface area contributed by atoms with Crippen molar-refractivity contribution in [3.8, 4) is 0 Å². The van der Waals surface area contributed by atoms with Crippen LogP contribution in [-0.2, 0) is 10.0 Å². The van der Waals surface area contributed by atoms with Crippen molar-refractivity contribution in [2.45, 2.75) is 57.0 Å². The molecule has 2 rings (SSSR count). The number of carbonyl (C=O) groups excluding carboxylic acids is 1. The second kappa shape index (κ2) is 8.97. The van der Waals surface area contributed by atoms with Crippen molar-refractivity contribution < 1.29 is 13.2 Å². The number of hydrogen-bond donors (Lipinski definition) is 1. The number of rotatable bonds is 7. The van der Waals surface area contributed by atoms with E-state index in [0.29, 0.717) is 12.1 Å². The van der Waals surface area contributed by atoms with E-state index in [2.05, 4.69) is 12.2 Å². The van der Waals surface area contributed by atoms with Crippen LogP contribution in [0.2, 0.25) is 0 Å². The van der Waals surface area contributed by atoms with Crippen molar-refractivity contribution in [3.63, 3.8) is 0 Å². The van der Waals surface area contributed by atoms with E-state index in [-0.39, 0.29) is 22.9 Å². The number of carbonyl (C=O) groups is 1. The zero-order valence-electron chi connectivity index (χ0n) is 16.2. The highest BCUT2D eigenvalue weighted by molar-refractivity contribution is 7.89. The van der Waals surface area contributed by atoms with Gasteiger partial charge in [0.05, 0.1) is 4.90 Å². The van der Waals surface area contributed by atoms with Crippen LogP contribution in [0.4, 0.5) is 0 Å². The van der Waals surface area contributed by atoms with Crippen LogP contribution < -0.4 is 5.32 Å². The molecule has 1 fully saturated rings. The molecule has 146 valence electrons. The van der Waals surface area contributed by atoms with Gasteiger partial charge in [-0.1, -0.05) is 13.0 Å². The predicted octanol–water partition coefficient (Wildman–Crippen LogP) is 2.32. The van der Waals surface area contributed by atoms with E-state index in [4.69, 9.17) is 0 Å². The molecule has 0 aromatic heterocycles. The number of benzene rings is 1. The lowest BCUT2D eigenvalue weighted by atomic mass is 10.0.